The molecule has 0 nitrogen and oxygen atoms in total. The van der Waals surface area contributed by atoms with Crippen LogP contribution in [0.25, 0.3) is 0 Å². The van der Waals surface area contributed by atoms with Crippen LogP contribution in [-0.2, 0) is 0 Å². The highest BCUT2D eigenvalue weighted by molar-refractivity contribution is 5.31. The van der Waals surface area contributed by atoms with Gasteiger partial charge >= 0.3 is 0 Å². The Hall–Kier alpha value is -1.56. The average molecular weight is 268 g/mol. The van der Waals surface area contributed by atoms with Gasteiger partial charge in [0.1, 0.15) is 0 Å². The predicted molar refractivity (Wildman–Crippen MR) is 90.5 cm³/mol. The molecule has 2 rings (SSSR count). The minimum atomic E-state index is 0.642. The van der Waals surface area contributed by atoms with E-state index in [0.717, 1.165) is 0 Å². The SMILES string of the molecule is CC(C)c1ccccc1C(C)C.Cc1ccccc1C. The molecule has 0 fully saturated rings. The standard InChI is InChI=1S/C12H18.C8H10/c1-9(2)11-7-5-6-8-12(11)10(3)4;1-7-5-3-4-6-8(7)2/h5-10H,1-4H3;3-6H,1-2H3. The molecule has 108 valence electrons. The third kappa shape index (κ3) is 4.85. The zero-order valence-corrected chi connectivity index (χ0v) is 13.8. The van der Waals surface area contributed by atoms with Gasteiger partial charge in [0.15, 0.2) is 0 Å². The average Bonchev–Trinajstić information content (AvgIpc) is 2.43. The Balaban J connectivity index is 0.000000217. The van der Waals surface area contributed by atoms with Gasteiger partial charge in [-0.25, -0.2) is 0 Å². The van der Waals surface area contributed by atoms with Crippen molar-refractivity contribution >= 4 is 0 Å². The Morgan fingerprint density at radius 3 is 1.10 bits per heavy atom. The monoisotopic (exact) mass is 268 g/mol. The molecule has 20 heavy (non-hydrogen) atoms. The van der Waals surface area contributed by atoms with Crippen LogP contribution >= 0.6 is 0 Å². The van der Waals surface area contributed by atoms with Gasteiger partial charge in [0.25, 0.3) is 0 Å². The summed E-state index contributed by atoms with van der Waals surface area (Å²) in [6.45, 7) is 13.2. The highest BCUT2D eigenvalue weighted by Crippen LogP contribution is 2.25. The first-order valence-corrected chi connectivity index (χ1v) is 7.54. The fourth-order valence-corrected chi connectivity index (χ4v) is 2.23. The number of benzene rings is 2. The van der Waals surface area contributed by atoms with Crippen LogP contribution in [0.2, 0.25) is 0 Å². The lowest BCUT2D eigenvalue weighted by Gasteiger charge is -2.14. The summed E-state index contributed by atoms with van der Waals surface area (Å²) in [4.78, 5) is 0. The lowest BCUT2D eigenvalue weighted by atomic mass is 9.91. The van der Waals surface area contributed by atoms with Gasteiger partial charge in [-0.1, -0.05) is 76.2 Å². The fraction of sp³-hybridized carbons (Fsp3) is 0.400. The minimum Gasteiger partial charge on any atom is -0.0620 e. The summed E-state index contributed by atoms with van der Waals surface area (Å²) in [7, 11) is 0. The third-order valence-corrected chi connectivity index (χ3v) is 3.67. The zero-order valence-electron chi connectivity index (χ0n) is 13.8. The van der Waals surface area contributed by atoms with Crippen molar-refractivity contribution in [2.75, 3.05) is 0 Å². The molecule has 0 aliphatic carbocycles. The maximum Gasteiger partial charge on any atom is -0.0216 e. The van der Waals surface area contributed by atoms with E-state index >= 15 is 0 Å². The van der Waals surface area contributed by atoms with E-state index in [2.05, 4.69) is 90.1 Å². The van der Waals surface area contributed by atoms with Crippen LogP contribution in [0.1, 0.15) is 61.8 Å². The molecule has 0 atom stereocenters. The van der Waals surface area contributed by atoms with Crippen LogP contribution < -0.4 is 0 Å². The second-order valence-corrected chi connectivity index (χ2v) is 6.02. The first kappa shape index (κ1) is 16.5. The molecule has 0 spiro atoms. The highest BCUT2D eigenvalue weighted by atomic mass is 14.1. The summed E-state index contributed by atoms with van der Waals surface area (Å²) in [6.07, 6.45) is 0. The predicted octanol–water partition coefficient (Wildman–Crippen LogP) is 6.24. The molecule has 0 aliphatic rings. The van der Waals surface area contributed by atoms with Crippen molar-refractivity contribution in [3.05, 3.63) is 70.8 Å². The Morgan fingerprint density at radius 2 is 0.850 bits per heavy atom. The first-order chi connectivity index (χ1) is 9.43. The number of aryl methyl sites for hydroxylation is 2. The van der Waals surface area contributed by atoms with E-state index in [1.165, 1.54) is 22.3 Å². The molecule has 0 saturated heterocycles. The van der Waals surface area contributed by atoms with Gasteiger partial charge in [0, 0.05) is 0 Å². The van der Waals surface area contributed by atoms with Crippen molar-refractivity contribution in [3.63, 3.8) is 0 Å². The number of hydrogen-bond acceptors (Lipinski definition) is 0. The van der Waals surface area contributed by atoms with Crippen LogP contribution in [-0.4, -0.2) is 0 Å². The molecule has 0 unspecified atom stereocenters. The van der Waals surface area contributed by atoms with E-state index in [1.807, 2.05) is 0 Å². The van der Waals surface area contributed by atoms with Crippen molar-refractivity contribution in [3.8, 4) is 0 Å². The molecule has 0 saturated carbocycles. The Morgan fingerprint density at radius 1 is 0.550 bits per heavy atom. The van der Waals surface area contributed by atoms with E-state index in [1.54, 1.807) is 0 Å². The van der Waals surface area contributed by atoms with Gasteiger partial charge in [-0.05, 0) is 47.9 Å². The van der Waals surface area contributed by atoms with E-state index in [9.17, 15) is 0 Å². The smallest absolute Gasteiger partial charge is 0.0216 e. The molecule has 2 aromatic carbocycles. The molecule has 0 radical (unpaired) electrons. The fourth-order valence-electron chi connectivity index (χ4n) is 2.23. The van der Waals surface area contributed by atoms with E-state index in [-0.39, 0.29) is 0 Å². The number of hydrogen-bond donors (Lipinski definition) is 0. The molecule has 0 amide bonds. The maximum absolute atomic E-state index is 2.25. The summed E-state index contributed by atoms with van der Waals surface area (Å²) < 4.78 is 0. The topological polar surface area (TPSA) is 0 Å². The molecule has 0 N–H and O–H groups in total. The Kier molecular flexibility index (Phi) is 6.51. The van der Waals surface area contributed by atoms with Crippen molar-refractivity contribution in [2.45, 2.75) is 53.4 Å². The molecule has 0 bridgehead atoms. The van der Waals surface area contributed by atoms with E-state index < -0.39 is 0 Å². The van der Waals surface area contributed by atoms with Crippen LogP contribution in [0.5, 0.6) is 0 Å². The zero-order chi connectivity index (χ0) is 15.1. The van der Waals surface area contributed by atoms with Gasteiger partial charge in [-0.3, -0.25) is 0 Å². The summed E-state index contributed by atoms with van der Waals surface area (Å²) in [5, 5.41) is 0. The summed E-state index contributed by atoms with van der Waals surface area (Å²) in [5.74, 6) is 1.28. The van der Waals surface area contributed by atoms with Gasteiger partial charge in [0.05, 0.1) is 0 Å². The van der Waals surface area contributed by atoms with Crippen molar-refractivity contribution in [2.24, 2.45) is 0 Å². The van der Waals surface area contributed by atoms with Gasteiger partial charge in [-0.15, -0.1) is 0 Å². The molecule has 0 heterocycles. The number of rotatable bonds is 2. The quantitative estimate of drug-likeness (QED) is 0.605. The highest BCUT2D eigenvalue weighted by Gasteiger charge is 2.07. The van der Waals surface area contributed by atoms with Crippen LogP contribution in [0.4, 0.5) is 0 Å². The van der Waals surface area contributed by atoms with Gasteiger partial charge in [0.2, 0.25) is 0 Å². The van der Waals surface area contributed by atoms with Crippen molar-refractivity contribution in [1.82, 2.24) is 0 Å². The Bertz CT molecular complexity index is 473. The molecular weight excluding hydrogens is 240 g/mol. The lowest BCUT2D eigenvalue weighted by Crippen LogP contribution is -1.97. The second kappa shape index (κ2) is 7.89. The normalized spacial score (nSPS) is 10.4. The van der Waals surface area contributed by atoms with Gasteiger partial charge < -0.3 is 0 Å². The van der Waals surface area contributed by atoms with Crippen LogP contribution in [0.3, 0.4) is 0 Å². The lowest BCUT2D eigenvalue weighted by molar-refractivity contribution is 0.790. The van der Waals surface area contributed by atoms with E-state index in [4.69, 9.17) is 0 Å². The van der Waals surface area contributed by atoms with Crippen LogP contribution in [0.15, 0.2) is 48.5 Å². The van der Waals surface area contributed by atoms with E-state index in [0.29, 0.717) is 11.8 Å². The molecule has 0 heteroatoms. The summed E-state index contributed by atoms with van der Waals surface area (Å²) in [6, 6.07) is 17.1. The molecule has 2 aromatic rings. The summed E-state index contributed by atoms with van der Waals surface area (Å²) in [5.41, 5.74) is 5.72. The van der Waals surface area contributed by atoms with Crippen molar-refractivity contribution in [1.29, 1.82) is 0 Å². The van der Waals surface area contributed by atoms with Crippen LogP contribution in [0, 0.1) is 13.8 Å². The molecule has 0 aliphatic heterocycles. The largest absolute Gasteiger partial charge is 0.0620 e. The molecular formula is C20H28. The maximum atomic E-state index is 2.25. The molecule has 0 aromatic heterocycles. The van der Waals surface area contributed by atoms with Crippen molar-refractivity contribution < 1.29 is 0 Å². The minimum absolute atomic E-state index is 0.642. The third-order valence-electron chi connectivity index (χ3n) is 3.67. The first-order valence-electron chi connectivity index (χ1n) is 7.54. The van der Waals surface area contributed by atoms with Gasteiger partial charge in [-0.2, -0.15) is 0 Å². The second-order valence-electron chi connectivity index (χ2n) is 6.02. The summed E-state index contributed by atoms with van der Waals surface area (Å²) >= 11 is 0. The Labute approximate surface area is 124 Å².